The molecule has 0 spiro atoms. The topological polar surface area (TPSA) is 74.3 Å². The zero-order valence-corrected chi connectivity index (χ0v) is 22.7. The van der Waals surface area contributed by atoms with Gasteiger partial charge in [-0.25, -0.2) is 0 Å². The number of hydrogen-bond donors (Lipinski definition) is 0. The molecular weight excluding hydrogens is 494 g/mol. The highest BCUT2D eigenvalue weighted by atomic mass is 16.5. The van der Waals surface area contributed by atoms with Crippen molar-refractivity contribution in [2.45, 2.75) is 38.0 Å². The number of carbonyl (C=O) groups excluding carboxylic acids is 2. The van der Waals surface area contributed by atoms with Crippen molar-refractivity contribution in [2.75, 3.05) is 21.3 Å². The van der Waals surface area contributed by atoms with Crippen LogP contribution in [0.2, 0.25) is 0 Å². The Morgan fingerprint density at radius 1 is 0.795 bits per heavy atom. The standard InChI is InChI=1S/C32H35NO6/c1-5-29-30(20-31(34)39-21-24-10-16-28(38-4)17-11-24)33(32(29)35)25(18-22-6-12-26(36-2)13-7-22)19-23-8-14-27(37-3)15-9-23/h5-17,25,29-30H,1,18-21H2,2-4H3. The van der Waals surface area contributed by atoms with E-state index >= 15 is 0 Å². The van der Waals surface area contributed by atoms with Crippen molar-refractivity contribution in [2.24, 2.45) is 5.92 Å². The normalized spacial score (nSPS) is 16.4. The molecule has 1 aliphatic heterocycles. The van der Waals surface area contributed by atoms with Gasteiger partial charge >= 0.3 is 5.97 Å². The summed E-state index contributed by atoms with van der Waals surface area (Å²) in [5.74, 6) is 1.48. The first kappa shape index (κ1) is 27.8. The number of carbonyl (C=O) groups is 2. The van der Waals surface area contributed by atoms with E-state index in [4.69, 9.17) is 18.9 Å². The summed E-state index contributed by atoms with van der Waals surface area (Å²) in [6, 6.07) is 22.6. The average molecular weight is 530 g/mol. The number of nitrogens with zero attached hydrogens (tertiary/aromatic N) is 1. The first-order valence-corrected chi connectivity index (χ1v) is 12.9. The quantitative estimate of drug-likeness (QED) is 0.176. The third kappa shape index (κ3) is 6.79. The van der Waals surface area contributed by atoms with Crippen molar-refractivity contribution in [1.82, 2.24) is 4.90 Å². The Balaban J connectivity index is 1.50. The minimum atomic E-state index is -0.423. The van der Waals surface area contributed by atoms with Gasteiger partial charge in [0.1, 0.15) is 23.9 Å². The summed E-state index contributed by atoms with van der Waals surface area (Å²) >= 11 is 0. The van der Waals surface area contributed by atoms with Crippen LogP contribution >= 0.6 is 0 Å². The third-order valence-corrected chi connectivity index (χ3v) is 7.15. The molecule has 1 heterocycles. The fourth-order valence-electron chi connectivity index (χ4n) is 4.98. The minimum absolute atomic E-state index is 0.0232. The van der Waals surface area contributed by atoms with Crippen LogP contribution in [0.3, 0.4) is 0 Å². The van der Waals surface area contributed by atoms with E-state index in [2.05, 4.69) is 6.58 Å². The molecule has 7 nitrogen and oxygen atoms in total. The van der Waals surface area contributed by atoms with Crippen LogP contribution in [0, 0.1) is 5.92 Å². The van der Waals surface area contributed by atoms with Crippen molar-refractivity contribution in [1.29, 1.82) is 0 Å². The first-order chi connectivity index (χ1) is 18.9. The van der Waals surface area contributed by atoms with E-state index in [-0.39, 0.29) is 37.0 Å². The van der Waals surface area contributed by atoms with Crippen molar-refractivity contribution >= 4 is 11.9 Å². The molecule has 1 saturated heterocycles. The van der Waals surface area contributed by atoms with Gasteiger partial charge in [-0.2, -0.15) is 0 Å². The molecular formula is C32H35NO6. The molecule has 7 heteroatoms. The summed E-state index contributed by atoms with van der Waals surface area (Å²) in [5, 5.41) is 0. The van der Waals surface area contributed by atoms with Gasteiger partial charge in [-0.05, 0) is 65.9 Å². The molecule has 1 aliphatic rings. The fourth-order valence-corrected chi connectivity index (χ4v) is 4.98. The van der Waals surface area contributed by atoms with Crippen molar-refractivity contribution < 1.29 is 28.5 Å². The van der Waals surface area contributed by atoms with Gasteiger partial charge in [0, 0.05) is 6.04 Å². The summed E-state index contributed by atoms with van der Waals surface area (Å²) in [7, 11) is 4.87. The van der Waals surface area contributed by atoms with E-state index in [9.17, 15) is 9.59 Å². The number of amides is 1. The van der Waals surface area contributed by atoms with Crippen LogP contribution in [-0.2, 0) is 33.8 Å². The van der Waals surface area contributed by atoms with E-state index < -0.39 is 5.92 Å². The first-order valence-electron chi connectivity index (χ1n) is 12.9. The lowest BCUT2D eigenvalue weighted by atomic mass is 9.81. The third-order valence-electron chi connectivity index (χ3n) is 7.15. The molecule has 0 N–H and O–H groups in total. The number of hydrogen-bond acceptors (Lipinski definition) is 6. The van der Waals surface area contributed by atoms with Crippen molar-refractivity contribution in [3.63, 3.8) is 0 Å². The summed E-state index contributed by atoms with van der Waals surface area (Å²) in [6.07, 6.45) is 2.99. The Bertz CT molecular complexity index is 1200. The van der Waals surface area contributed by atoms with E-state index in [1.54, 1.807) is 27.4 Å². The predicted octanol–water partition coefficient (Wildman–Crippen LogP) is 5.01. The predicted molar refractivity (Wildman–Crippen MR) is 149 cm³/mol. The number of likely N-dealkylation sites (tertiary alicyclic amines) is 1. The largest absolute Gasteiger partial charge is 0.497 e. The van der Waals surface area contributed by atoms with Crippen LogP contribution < -0.4 is 14.2 Å². The molecule has 0 radical (unpaired) electrons. The number of β-lactam (4-membered cyclic amide) rings is 1. The smallest absolute Gasteiger partial charge is 0.308 e. The molecule has 204 valence electrons. The van der Waals surface area contributed by atoms with Gasteiger partial charge in [0.2, 0.25) is 5.91 Å². The maximum atomic E-state index is 13.3. The van der Waals surface area contributed by atoms with Crippen LogP contribution in [0.1, 0.15) is 23.1 Å². The molecule has 2 atom stereocenters. The molecule has 3 aromatic rings. The molecule has 1 fully saturated rings. The summed E-state index contributed by atoms with van der Waals surface area (Å²) in [6.45, 7) is 4.02. The molecule has 0 saturated carbocycles. The monoisotopic (exact) mass is 529 g/mol. The fraction of sp³-hybridized carbons (Fsp3) is 0.312. The van der Waals surface area contributed by atoms with Crippen LogP contribution in [0.5, 0.6) is 17.2 Å². The highest BCUT2D eigenvalue weighted by molar-refractivity contribution is 5.90. The minimum Gasteiger partial charge on any atom is -0.497 e. The Hall–Kier alpha value is -4.26. The average Bonchev–Trinajstić information content (AvgIpc) is 2.97. The molecule has 2 unspecified atom stereocenters. The molecule has 0 aliphatic carbocycles. The second kappa shape index (κ2) is 13.0. The molecule has 3 aromatic carbocycles. The number of ether oxygens (including phenoxy) is 4. The SMILES string of the molecule is C=CC1C(=O)N(C(Cc2ccc(OC)cc2)Cc2ccc(OC)cc2)C1CC(=O)OCc1ccc(OC)cc1. The molecule has 0 bridgehead atoms. The second-order valence-corrected chi connectivity index (χ2v) is 9.55. The van der Waals surface area contributed by atoms with Crippen LogP contribution in [-0.4, -0.2) is 50.2 Å². The Labute approximate surface area is 229 Å². The Morgan fingerprint density at radius 3 is 1.64 bits per heavy atom. The Kier molecular flexibility index (Phi) is 9.26. The molecule has 4 rings (SSSR count). The summed E-state index contributed by atoms with van der Waals surface area (Å²) in [4.78, 5) is 28.0. The molecule has 1 amide bonds. The molecule has 39 heavy (non-hydrogen) atoms. The van der Waals surface area contributed by atoms with Gasteiger partial charge in [-0.15, -0.1) is 6.58 Å². The lowest BCUT2D eigenvalue weighted by Crippen LogP contribution is -2.65. The summed E-state index contributed by atoms with van der Waals surface area (Å²) in [5.41, 5.74) is 3.01. The van der Waals surface area contributed by atoms with Crippen LogP contribution in [0.4, 0.5) is 0 Å². The second-order valence-electron chi connectivity index (χ2n) is 9.55. The van der Waals surface area contributed by atoms with Crippen molar-refractivity contribution in [3.05, 3.63) is 102 Å². The van der Waals surface area contributed by atoms with Gasteiger partial charge in [-0.1, -0.05) is 42.5 Å². The van der Waals surface area contributed by atoms with Crippen LogP contribution in [0.15, 0.2) is 85.5 Å². The number of methoxy groups -OCH3 is 3. The maximum absolute atomic E-state index is 13.3. The lowest BCUT2D eigenvalue weighted by Gasteiger charge is -2.50. The van der Waals surface area contributed by atoms with E-state index in [1.807, 2.05) is 77.7 Å². The highest BCUT2D eigenvalue weighted by Crippen LogP contribution is 2.35. The molecule has 0 aromatic heterocycles. The summed E-state index contributed by atoms with van der Waals surface area (Å²) < 4.78 is 21.3. The van der Waals surface area contributed by atoms with Crippen LogP contribution in [0.25, 0.3) is 0 Å². The Morgan fingerprint density at radius 2 is 1.23 bits per heavy atom. The number of benzene rings is 3. The maximum Gasteiger partial charge on any atom is 0.308 e. The van der Waals surface area contributed by atoms with Gasteiger partial charge in [-0.3, -0.25) is 9.59 Å². The highest BCUT2D eigenvalue weighted by Gasteiger charge is 2.49. The van der Waals surface area contributed by atoms with Gasteiger partial charge in [0.25, 0.3) is 0 Å². The van der Waals surface area contributed by atoms with Gasteiger partial charge < -0.3 is 23.8 Å². The number of rotatable bonds is 13. The number of esters is 1. The van der Waals surface area contributed by atoms with E-state index in [0.717, 1.165) is 33.9 Å². The van der Waals surface area contributed by atoms with E-state index in [0.29, 0.717) is 12.8 Å². The van der Waals surface area contributed by atoms with E-state index in [1.165, 1.54) is 0 Å². The zero-order chi connectivity index (χ0) is 27.8. The van der Waals surface area contributed by atoms with Gasteiger partial charge in [0.05, 0.1) is 39.7 Å². The van der Waals surface area contributed by atoms with Crippen molar-refractivity contribution in [3.8, 4) is 17.2 Å². The zero-order valence-electron chi connectivity index (χ0n) is 22.7. The lowest BCUT2D eigenvalue weighted by molar-refractivity contribution is -0.162. The van der Waals surface area contributed by atoms with Gasteiger partial charge in [0.15, 0.2) is 0 Å².